The largest absolute Gasteiger partial charge is 0.336 e. The predicted octanol–water partition coefficient (Wildman–Crippen LogP) is 1.37. The van der Waals surface area contributed by atoms with Crippen molar-refractivity contribution in [2.75, 3.05) is 19.6 Å². The molecule has 0 radical (unpaired) electrons. The van der Waals surface area contributed by atoms with Crippen molar-refractivity contribution < 1.29 is 4.79 Å². The Kier molecular flexibility index (Phi) is 4.01. The number of aromatic nitrogens is 2. The molecule has 0 saturated carbocycles. The topological polar surface area (TPSA) is 50.2 Å². The molecule has 0 bridgehead atoms. The number of hydrogen-bond donors (Lipinski definition) is 1. The van der Waals surface area contributed by atoms with Gasteiger partial charge in [-0.25, -0.2) is 0 Å². The Morgan fingerprint density at radius 3 is 2.95 bits per heavy atom. The summed E-state index contributed by atoms with van der Waals surface area (Å²) in [5.41, 5.74) is 1.84. The van der Waals surface area contributed by atoms with Crippen LogP contribution in [0, 0.1) is 0 Å². The van der Waals surface area contributed by atoms with Gasteiger partial charge >= 0.3 is 0 Å². The fraction of sp³-hybridized carbons (Fsp3) is 0.375. The predicted molar refractivity (Wildman–Crippen MR) is 81.1 cm³/mol. The average molecular weight is 284 g/mol. The number of carbonyl (C=O) groups excluding carboxylic acids is 1. The average Bonchev–Trinajstić information content (AvgIpc) is 2.96. The molecule has 2 aromatic rings. The molecular weight excluding hydrogens is 264 g/mol. The molecule has 110 valence electrons. The van der Waals surface area contributed by atoms with E-state index in [0.29, 0.717) is 18.2 Å². The second-order valence-electron chi connectivity index (χ2n) is 5.52. The quantitative estimate of drug-likeness (QED) is 0.926. The third-order valence-electron chi connectivity index (χ3n) is 3.72. The molecule has 5 nitrogen and oxygen atoms in total. The van der Waals surface area contributed by atoms with Crippen LogP contribution < -0.4 is 5.32 Å². The van der Waals surface area contributed by atoms with Gasteiger partial charge in [-0.15, -0.1) is 0 Å². The van der Waals surface area contributed by atoms with Crippen LogP contribution in [0.5, 0.6) is 0 Å². The molecular formula is C16H20N4O. The van der Waals surface area contributed by atoms with Crippen LogP contribution >= 0.6 is 0 Å². The number of amides is 1. The Morgan fingerprint density at radius 1 is 1.38 bits per heavy atom. The van der Waals surface area contributed by atoms with Gasteiger partial charge in [0.1, 0.15) is 0 Å². The maximum Gasteiger partial charge on any atom is 0.257 e. The zero-order valence-electron chi connectivity index (χ0n) is 12.2. The first kappa shape index (κ1) is 13.8. The number of rotatable bonds is 3. The van der Waals surface area contributed by atoms with Crippen LogP contribution in [0.3, 0.4) is 0 Å². The summed E-state index contributed by atoms with van der Waals surface area (Å²) < 4.78 is 1.81. The SMILES string of the molecule is CC1CN(C(=O)c2cnn(Cc3ccccc3)c2)CCN1. The number of carbonyl (C=O) groups is 1. The third-order valence-corrected chi connectivity index (χ3v) is 3.72. The molecule has 1 unspecified atom stereocenters. The highest BCUT2D eigenvalue weighted by atomic mass is 16.2. The van der Waals surface area contributed by atoms with Gasteiger partial charge < -0.3 is 10.2 Å². The first-order chi connectivity index (χ1) is 10.2. The zero-order valence-corrected chi connectivity index (χ0v) is 12.2. The Bertz CT molecular complexity index is 608. The standard InChI is InChI=1S/C16H20N4O/c1-13-10-19(8-7-17-13)16(21)15-9-18-20(12-15)11-14-5-3-2-4-6-14/h2-6,9,12-13,17H,7-8,10-11H2,1H3. The summed E-state index contributed by atoms with van der Waals surface area (Å²) in [5.74, 6) is 0.0719. The summed E-state index contributed by atoms with van der Waals surface area (Å²) in [6.45, 7) is 5.14. The lowest BCUT2D eigenvalue weighted by atomic mass is 10.2. The maximum atomic E-state index is 12.5. The molecule has 1 amide bonds. The first-order valence-electron chi connectivity index (χ1n) is 7.31. The number of benzene rings is 1. The molecule has 1 atom stereocenters. The Morgan fingerprint density at radius 2 is 2.19 bits per heavy atom. The molecule has 1 saturated heterocycles. The Balaban J connectivity index is 1.68. The number of piperazine rings is 1. The van der Waals surface area contributed by atoms with Crippen LogP contribution in [0.2, 0.25) is 0 Å². The lowest BCUT2D eigenvalue weighted by Crippen LogP contribution is -2.51. The van der Waals surface area contributed by atoms with E-state index in [4.69, 9.17) is 0 Å². The van der Waals surface area contributed by atoms with E-state index in [-0.39, 0.29) is 5.91 Å². The minimum Gasteiger partial charge on any atom is -0.336 e. The Labute approximate surface area is 124 Å². The Hall–Kier alpha value is -2.14. The van der Waals surface area contributed by atoms with Gasteiger partial charge in [-0.1, -0.05) is 30.3 Å². The molecule has 1 fully saturated rings. The molecule has 5 heteroatoms. The van der Waals surface area contributed by atoms with E-state index in [2.05, 4.69) is 29.5 Å². The number of nitrogens with zero attached hydrogens (tertiary/aromatic N) is 3. The van der Waals surface area contributed by atoms with Gasteiger partial charge in [0.15, 0.2) is 0 Å². The summed E-state index contributed by atoms with van der Waals surface area (Å²) >= 11 is 0. The van der Waals surface area contributed by atoms with Gasteiger partial charge in [-0.3, -0.25) is 9.48 Å². The smallest absolute Gasteiger partial charge is 0.257 e. The molecule has 1 aromatic heterocycles. The summed E-state index contributed by atoms with van der Waals surface area (Å²) in [5, 5.41) is 7.64. The number of nitrogens with one attached hydrogen (secondary N) is 1. The second kappa shape index (κ2) is 6.10. The van der Waals surface area contributed by atoms with E-state index < -0.39 is 0 Å². The van der Waals surface area contributed by atoms with Crippen LogP contribution in [-0.4, -0.2) is 46.3 Å². The molecule has 21 heavy (non-hydrogen) atoms. The number of hydrogen-bond acceptors (Lipinski definition) is 3. The summed E-state index contributed by atoms with van der Waals surface area (Å²) in [6.07, 6.45) is 3.50. The lowest BCUT2D eigenvalue weighted by Gasteiger charge is -2.31. The molecule has 0 spiro atoms. The second-order valence-corrected chi connectivity index (χ2v) is 5.52. The van der Waals surface area contributed by atoms with Crippen molar-refractivity contribution >= 4 is 5.91 Å². The minimum atomic E-state index is 0.0719. The van der Waals surface area contributed by atoms with Crippen LogP contribution in [0.1, 0.15) is 22.8 Å². The van der Waals surface area contributed by atoms with E-state index in [0.717, 1.165) is 19.6 Å². The van der Waals surface area contributed by atoms with E-state index in [1.54, 1.807) is 6.20 Å². The molecule has 3 rings (SSSR count). The van der Waals surface area contributed by atoms with Gasteiger partial charge in [0.25, 0.3) is 5.91 Å². The van der Waals surface area contributed by atoms with Gasteiger partial charge in [0.05, 0.1) is 18.3 Å². The molecule has 1 aliphatic heterocycles. The van der Waals surface area contributed by atoms with Crippen molar-refractivity contribution in [2.24, 2.45) is 0 Å². The van der Waals surface area contributed by atoms with Crippen molar-refractivity contribution in [1.29, 1.82) is 0 Å². The maximum absolute atomic E-state index is 12.5. The fourth-order valence-electron chi connectivity index (χ4n) is 2.63. The molecule has 1 aliphatic rings. The van der Waals surface area contributed by atoms with Gasteiger partial charge in [0, 0.05) is 31.9 Å². The lowest BCUT2D eigenvalue weighted by molar-refractivity contribution is 0.0709. The van der Waals surface area contributed by atoms with Crippen LogP contribution in [-0.2, 0) is 6.54 Å². The van der Waals surface area contributed by atoms with E-state index in [1.807, 2.05) is 34.0 Å². The minimum absolute atomic E-state index is 0.0719. The monoisotopic (exact) mass is 284 g/mol. The molecule has 1 N–H and O–H groups in total. The highest BCUT2D eigenvalue weighted by Gasteiger charge is 2.22. The van der Waals surface area contributed by atoms with Crippen LogP contribution in [0.15, 0.2) is 42.7 Å². The fourth-order valence-corrected chi connectivity index (χ4v) is 2.63. The summed E-state index contributed by atoms with van der Waals surface area (Å²) in [4.78, 5) is 14.3. The van der Waals surface area contributed by atoms with Crippen molar-refractivity contribution in [1.82, 2.24) is 20.0 Å². The highest BCUT2D eigenvalue weighted by Crippen LogP contribution is 2.09. The van der Waals surface area contributed by atoms with E-state index >= 15 is 0 Å². The normalized spacial score (nSPS) is 18.7. The van der Waals surface area contributed by atoms with Crippen molar-refractivity contribution in [3.8, 4) is 0 Å². The van der Waals surface area contributed by atoms with Gasteiger partial charge in [0.2, 0.25) is 0 Å². The van der Waals surface area contributed by atoms with Gasteiger partial charge in [-0.2, -0.15) is 5.10 Å². The van der Waals surface area contributed by atoms with Crippen molar-refractivity contribution in [3.63, 3.8) is 0 Å². The molecule has 1 aromatic carbocycles. The molecule has 2 heterocycles. The van der Waals surface area contributed by atoms with E-state index in [1.165, 1.54) is 5.56 Å². The van der Waals surface area contributed by atoms with Gasteiger partial charge in [-0.05, 0) is 12.5 Å². The van der Waals surface area contributed by atoms with Crippen LogP contribution in [0.25, 0.3) is 0 Å². The zero-order chi connectivity index (χ0) is 14.7. The summed E-state index contributed by atoms with van der Waals surface area (Å²) in [7, 11) is 0. The molecule has 0 aliphatic carbocycles. The van der Waals surface area contributed by atoms with Crippen molar-refractivity contribution in [2.45, 2.75) is 19.5 Å². The van der Waals surface area contributed by atoms with Crippen LogP contribution in [0.4, 0.5) is 0 Å². The summed E-state index contributed by atoms with van der Waals surface area (Å²) in [6, 6.07) is 10.5. The third kappa shape index (κ3) is 3.31. The highest BCUT2D eigenvalue weighted by molar-refractivity contribution is 5.93. The first-order valence-corrected chi connectivity index (χ1v) is 7.31. The van der Waals surface area contributed by atoms with E-state index in [9.17, 15) is 4.79 Å². The van der Waals surface area contributed by atoms with Crippen molar-refractivity contribution in [3.05, 3.63) is 53.9 Å².